The Bertz CT molecular complexity index is 1130. The molecule has 3 aromatic rings. The number of para-hydroxylation sites is 1. The lowest BCUT2D eigenvalue weighted by atomic mass is 9.90. The van der Waals surface area contributed by atoms with Gasteiger partial charge in [-0.15, -0.1) is 0 Å². The van der Waals surface area contributed by atoms with Gasteiger partial charge in [0, 0.05) is 6.07 Å². The van der Waals surface area contributed by atoms with Crippen LogP contribution in [0.2, 0.25) is 0 Å². The number of hydroxylamine groups is 1. The Hall–Kier alpha value is -3.64. The summed E-state index contributed by atoms with van der Waals surface area (Å²) in [5.41, 5.74) is 3.34. The zero-order valence-corrected chi connectivity index (χ0v) is 17.3. The van der Waals surface area contributed by atoms with Crippen molar-refractivity contribution in [2.75, 3.05) is 17.1 Å². The summed E-state index contributed by atoms with van der Waals surface area (Å²) < 4.78 is 5.27. The van der Waals surface area contributed by atoms with Crippen LogP contribution < -0.4 is 14.7 Å². The minimum absolute atomic E-state index is 0.271. The molecule has 31 heavy (non-hydrogen) atoms. The Balaban J connectivity index is 1.57. The van der Waals surface area contributed by atoms with E-state index in [-0.39, 0.29) is 11.8 Å². The molecule has 0 unspecified atom stereocenters. The van der Waals surface area contributed by atoms with E-state index >= 15 is 0 Å². The molecule has 0 N–H and O–H groups in total. The molecular weight excluding hydrogens is 392 g/mol. The van der Waals surface area contributed by atoms with E-state index in [0.717, 1.165) is 16.8 Å². The minimum atomic E-state index is -0.884. The third kappa shape index (κ3) is 3.16. The Labute approximate surface area is 180 Å². The van der Waals surface area contributed by atoms with Gasteiger partial charge in [0.05, 0.1) is 24.5 Å². The summed E-state index contributed by atoms with van der Waals surface area (Å²) in [7, 11) is 1.55. The van der Waals surface area contributed by atoms with Gasteiger partial charge in [-0.25, -0.2) is 9.96 Å². The summed E-state index contributed by atoms with van der Waals surface area (Å²) in [6, 6.07) is 24.1. The number of carbonyl (C=O) groups is 2. The fraction of sp³-hybridized carbons (Fsp3) is 0.200. The second-order valence-corrected chi connectivity index (χ2v) is 7.78. The normalized spacial score (nSPS) is 22.7. The second kappa shape index (κ2) is 7.56. The fourth-order valence-corrected chi connectivity index (χ4v) is 4.32. The van der Waals surface area contributed by atoms with Gasteiger partial charge in [-0.2, -0.15) is 0 Å². The van der Waals surface area contributed by atoms with Crippen molar-refractivity contribution in [3.8, 4) is 5.75 Å². The van der Waals surface area contributed by atoms with Crippen molar-refractivity contribution < 1.29 is 19.2 Å². The number of methoxy groups -OCH3 is 1. The summed E-state index contributed by atoms with van der Waals surface area (Å²) >= 11 is 0. The molecule has 3 aromatic carbocycles. The summed E-state index contributed by atoms with van der Waals surface area (Å²) in [4.78, 5) is 34.3. The van der Waals surface area contributed by atoms with Crippen molar-refractivity contribution in [3.05, 3.63) is 90.0 Å². The number of aryl methyl sites for hydroxylation is 1. The van der Waals surface area contributed by atoms with Gasteiger partial charge in [-0.05, 0) is 36.8 Å². The zero-order chi connectivity index (χ0) is 21.5. The first kappa shape index (κ1) is 19.3. The first-order valence-electron chi connectivity index (χ1n) is 10.2. The molecule has 0 saturated carbocycles. The first-order chi connectivity index (χ1) is 15.1. The van der Waals surface area contributed by atoms with Gasteiger partial charge < -0.3 is 4.74 Å². The Morgan fingerprint density at radius 3 is 2.26 bits per heavy atom. The van der Waals surface area contributed by atoms with Crippen molar-refractivity contribution in [2.24, 2.45) is 5.92 Å². The number of benzene rings is 3. The zero-order valence-electron chi connectivity index (χ0n) is 17.3. The Morgan fingerprint density at radius 1 is 0.839 bits per heavy atom. The van der Waals surface area contributed by atoms with Crippen molar-refractivity contribution >= 4 is 23.2 Å². The number of ether oxygens (including phenoxy) is 1. The van der Waals surface area contributed by atoms with E-state index in [1.165, 1.54) is 4.90 Å². The van der Waals surface area contributed by atoms with Gasteiger partial charge in [0.15, 0.2) is 6.10 Å². The van der Waals surface area contributed by atoms with Crippen LogP contribution in [0.15, 0.2) is 78.9 Å². The van der Waals surface area contributed by atoms with E-state index in [1.54, 1.807) is 36.4 Å². The van der Waals surface area contributed by atoms with Crippen molar-refractivity contribution in [3.63, 3.8) is 0 Å². The lowest BCUT2D eigenvalue weighted by Crippen LogP contribution is -2.37. The highest BCUT2D eigenvalue weighted by Gasteiger charge is 2.60. The molecule has 0 spiro atoms. The van der Waals surface area contributed by atoms with E-state index in [0.29, 0.717) is 11.4 Å². The molecule has 2 amide bonds. The third-order valence-electron chi connectivity index (χ3n) is 5.86. The van der Waals surface area contributed by atoms with Crippen LogP contribution in [0, 0.1) is 12.8 Å². The number of imide groups is 1. The summed E-state index contributed by atoms with van der Waals surface area (Å²) in [5, 5.41) is 1.71. The molecular formula is C25H22N2O4. The maximum atomic E-state index is 13.6. The van der Waals surface area contributed by atoms with Gasteiger partial charge >= 0.3 is 0 Å². The van der Waals surface area contributed by atoms with Crippen LogP contribution in [0.25, 0.3) is 0 Å². The number of hydrogen-bond acceptors (Lipinski definition) is 5. The van der Waals surface area contributed by atoms with Gasteiger partial charge in [-0.3, -0.25) is 14.4 Å². The van der Waals surface area contributed by atoms with Crippen molar-refractivity contribution in [1.29, 1.82) is 0 Å². The molecule has 2 heterocycles. The topological polar surface area (TPSA) is 59.1 Å². The molecule has 0 aliphatic carbocycles. The van der Waals surface area contributed by atoms with Crippen LogP contribution >= 0.6 is 0 Å². The molecule has 6 heteroatoms. The number of nitrogens with zero attached hydrogens (tertiary/aromatic N) is 2. The minimum Gasteiger partial charge on any atom is -0.497 e. The highest BCUT2D eigenvalue weighted by atomic mass is 16.7. The maximum Gasteiger partial charge on any atom is 0.266 e. The quantitative estimate of drug-likeness (QED) is 0.603. The molecule has 0 radical (unpaired) electrons. The van der Waals surface area contributed by atoms with E-state index in [2.05, 4.69) is 0 Å². The highest BCUT2D eigenvalue weighted by molar-refractivity contribution is 6.24. The summed E-state index contributed by atoms with van der Waals surface area (Å²) in [6.07, 6.45) is -0.884. The standard InChI is InChI=1S/C25H22N2O4/c1-16-11-13-17(14-12-16)22-21-23(31-27(22)18-7-4-3-5-8-18)25(29)26(24(21)28)19-9-6-10-20(15-19)30-2/h3-15,21-23H,1-2H3/t21-,22+,23+/m0/s1. The van der Waals surface area contributed by atoms with Gasteiger partial charge in [0.2, 0.25) is 5.91 Å². The molecule has 2 aliphatic rings. The third-order valence-corrected chi connectivity index (χ3v) is 5.86. The lowest BCUT2D eigenvalue weighted by molar-refractivity contribution is -0.126. The number of carbonyl (C=O) groups excluding carboxylic acids is 2. The average molecular weight is 414 g/mol. The van der Waals surface area contributed by atoms with Gasteiger partial charge in [-0.1, -0.05) is 54.1 Å². The molecule has 2 saturated heterocycles. The van der Waals surface area contributed by atoms with Crippen molar-refractivity contribution in [2.45, 2.75) is 19.1 Å². The predicted molar refractivity (Wildman–Crippen MR) is 117 cm³/mol. The van der Waals surface area contributed by atoms with Crippen molar-refractivity contribution in [1.82, 2.24) is 0 Å². The SMILES string of the molecule is COc1cccc(N2C(=O)[C@H]3[C@@H](c4ccc(C)cc4)N(c4ccccc4)O[C@H]3C2=O)c1. The summed E-state index contributed by atoms with van der Waals surface area (Å²) in [6.45, 7) is 2.02. The van der Waals surface area contributed by atoms with E-state index in [9.17, 15) is 9.59 Å². The fourth-order valence-electron chi connectivity index (χ4n) is 4.32. The summed E-state index contributed by atoms with van der Waals surface area (Å²) in [5.74, 6) is -0.704. The molecule has 156 valence electrons. The monoisotopic (exact) mass is 414 g/mol. The maximum absolute atomic E-state index is 13.6. The number of fused-ring (bicyclic) bond motifs is 1. The van der Waals surface area contributed by atoms with E-state index in [1.807, 2.05) is 61.5 Å². The lowest BCUT2D eigenvalue weighted by Gasteiger charge is -2.28. The largest absolute Gasteiger partial charge is 0.497 e. The molecule has 6 nitrogen and oxygen atoms in total. The van der Waals surface area contributed by atoms with E-state index < -0.39 is 18.1 Å². The molecule has 2 fully saturated rings. The van der Waals surface area contributed by atoms with Crippen LogP contribution in [0.3, 0.4) is 0 Å². The van der Waals surface area contributed by atoms with Gasteiger partial charge in [0.1, 0.15) is 11.7 Å². The van der Waals surface area contributed by atoms with Crippen LogP contribution in [-0.4, -0.2) is 25.0 Å². The smallest absolute Gasteiger partial charge is 0.266 e. The van der Waals surface area contributed by atoms with Crippen LogP contribution in [-0.2, 0) is 14.4 Å². The van der Waals surface area contributed by atoms with Gasteiger partial charge in [0.25, 0.3) is 5.91 Å². The number of rotatable bonds is 4. The van der Waals surface area contributed by atoms with Crippen LogP contribution in [0.5, 0.6) is 5.75 Å². The van der Waals surface area contributed by atoms with Crippen LogP contribution in [0.4, 0.5) is 11.4 Å². The second-order valence-electron chi connectivity index (χ2n) is 7.78. The molecule has 0 bridgehead atoms. The highest BCUT2D eigenvalue weighted by Crippen LogP contribution is 2.47. The molecule has 3 atom stereocenters. The Kier molecular flexibility index (Phi) is 4.71. The number of anilines is 2. The molecule has 5 rings (SSSR count). The Morgan fingerprint density at radius 2 is 1.55 bits per heavy atom. The van der Waals surface area contributed by atoms with E-state index in [4.69, 9.17) is 9.57 Å². The number of amides is 2. The first-order valence-corrected chi connectivity index (χ1v) is 10.2. The number of hydrogen-bond donors (Lipinski definition) is 0. The molecule has 2 aliphatic heterocycles. The van der Waals surface area contributed by atoms with Crippen LogP contribution in [0.1, 0.15) is 17.2 Å². The molecule has 0 aromatic heterocycles. The average Bonchev–Trinajstić information content (AvgIpc) is 3.31. The predicted octanol–water partition coefficient (Wildman–Crippen LogP) is 4.05.